The monoisotopic (exact) mass is 285 g/mol. The summed E-state index contributed by atoms with van der Waals surface area (Å²) in [5.41, 5.74) is 5.31. The first kappa shape index (κ1) is 15.9. The molecule has 0 aromatic carbocycles. The second-order valence-electron chi connectivity index (χ2n) is 5.28. The fraction of sp³-hybridized carbons (Fsp3) is 0.636. The Hall–Kier alpha value is -2.16. The van der Waals surface area contributed by atoms with Gasteiger partial charge in [-0.3, -0.25) is 0 Å². The van der Waals surface area contributed by atoms with Gasteiger partial charge in [0.1, 0.15) is 5.60 Å². The summed E-state index contributed by atoms with van der Waals surface area (Å²) in [6.07, 6.45) is 0.930. The van der Waals surface area contributed by atoms with Gasteiger partial charge in [0.15, 0.2) is 0 Å². The molecule has 1 heterocycles. The van der Waals surface area contributed by atoms with Crippen molar-refractivity contribution in [1.82, 2.24) is 15.5 Å². The quantitative estimate of drug-likeness (QED) is 0.538. The molecule has 1 aromatic heterocycles. The third-order valence-electron chi connectivity index (χ3n) is 2.35. The van der Waals surface area contributed by atoms with E-state index in [0.717, 1.165) is 0 Å². The van der Waals surface area contributed by atoms with Crippen molar-refractivity contribution in [2.75, 3.05) is 6.54 Å². The molecule has 1 rings (SSSR count). The van der Waals surface area contributed by atoms with E-state index in [1.54, 1.807) is 20.8 Å². The highest BCUT2D eigenvalue weighted by Gasteiger charge is 2.22. The Labute approximate surface area is 116 Å². The summed E-state index contributed by atoms with van der Waals surface area (Å²) in [4.78, 5) is 21.8. The van der Waals surface area contributed by atoms with Crippen LogP contribution in [0.25, 0.3) is 0 Å². The fourth-order valence-electron chi connectivity index (χ4n) is 1.54. The average molecular weight is 285 g/mol. The number of ether oxygens (including phenoxy) is 1. The highest BCUT2D eigenvalue weighted by atomic mass is 16.6. The molecule has 0 aliphatic rings. The number of aromatic amines is 1. The number of hydrogen-bond acceptors (Lipinski definition) is 6. The zero-order chi connectivity index (χ0) is 15.3. The first-order valence-electron chi connectivity index (χ1n) is 6.09. The molecule has 0 saturated carbocycles. The molecule has 0 saturated heterocycles. The number of alkyl carbamates (subject to hydrolysis) is 1. The van der Waals surface area contributed by atoms with Crippen LogP contribution in [0.3, 0.4) is 0 Å². The van der Waals surface area contributed by atoms with Gasteiger partial charge in [-0.2, -0.15) is 0 Å². The van der Waals surface area contributed by atoms with E-state index >= 15 is 0 Å². The number of H-pyrrole nitrogens is 1. The maximum atomic E-state index is 11.6. The lowest BCUT2D eigenvalue weighted by Crippen LogP contribution is -2.44. The molecule has 0 spiro atoms. The smallest absolute Gasteiger partial charge is 0.407 e. The van der Waals surface area contributed by atoms with Crippen LogP contribution in [0.15, 0.2) is 6.20 Å². The lowest BCUT2D eigenvalue weighted by molar-refractivity contribution is -0.390. The summed E-state index contributed by atoms with van der Waals surface area (Å²) in [6, 6.07) is -0.471. The molecular formula is C11H19N5O4. The molecule has 9 nitrogen and oxygen atoms in total. The summed E-state index contributed by atoms with van der Waals surface area (Å²) in [6.45, 7) is 5.35. The van der Waals surface area contributed by atoms with Crippen LogP contribution in [0.5, 0.6) is 0 Å². The van der Waals surface area contributed by atoms with Gasteiger partial charge in [-0.25, -0.2) is 4.79 Å². The van der Waals surface area contributed by atoms with Gasteiger partial charge in [0.2, 0.25) is 0 Å². The summed E-state index contributed by atoms with van der Waals surface area (Å²) >= 11 is 0. The number of nitro groups is 1. The van der Waals surface area contributed by atoms with E-state index in [1.165, 1.54) is 6.20 Å². The van der Waals surface area contributed by atoms with Crippen LogP contribution in [0, 0.1) is 10.1 Å². The number of nitrogens with one attached hydrogen (secondary N) is 2. The fourth-order valence-corrected chi connectivity index (χ4v) is 1.54. The second kappa shape index (κ2) is 6.33. The van der Waals surface area contributed by atoms with Gasteiger partial charge in [-0.15, -0.1) is 5.10 Å². The van der Waals surface area contributed by atoms with Crippen molar-refractivity contribution < 1.29 is 14.5 Å². The molecule has 1 amide bonds. The molecule has 9 heteroatoms. The molecule has 1 unspecified atom stereocenters. The third-order valence-corrected chi connectivity index (χ3v) is 2.35. The van der Waals surface area contributed by atoms with Crippen LogP contribution >= 0.6 is 0 Å². The molecule has 0 aliphatic carbocycles. The van der Waals surface area contributed by atoms with Crippen LogP contribution < -0.4 is 11.1 Å². The summed E-state index contributed by atoms with van der Waals surface area (Å²) in [7, 11) is 0. The average Bonchev–Trinajstić information content (AvgIpc) is 2.73. The number of rotatable bonds is 5. The van der Waals surface area contributed by atoms with Crippen LogP contribution in [0.2, 0.25) is 0 Å². The Morgan fingerprint density at radius 1 is 1.65 bits per heavy atom. The normalized spacial score (nSPS) is 12.8. The Morgan fingerprint density at radius 2 is 2.30 bits per heavy atom. The maximum absolute atomic E-state index is 11.6. The van der Waals surface area contributed by atoms with Crippen molar-refractivity contribution in [1.29, 1.82) is 0 Å². The highest BCUT2D eigenvalue weighted by molar-refractivity contribution is 5.68. The van der Waals surface area contributed by atoms with Crippen molar-refractivity contribution in [2.45, 2.75) is 38.8 Å². The van der Waals surface area contributed by atoms with E-state index in [0.29, 0.717) is 5.56 Å². The van der Waals surface area contributed by atoms with Crippen LogP contribution in [0.1, 0.15) is 26.3 Å². The first-order chi connectivity index (χ1) is 9.23. The Morgan fingerprint density at radius 3 is 2.80 bits per heavy atom. The minimum absolute atomic E-state index is 0.127. The van der Waals surface area contributed by atoms with Crippen molar-refractivity contribution in [3.05, 3.63) is 21.9 Å². The van der Waals surface area contributed by atoms with E-state index in [-0.39, 0.29) is 18.8 Å². The maximum Gasteiger partial charge on any atom is 0.407 e. The van der Waals surface area contributed by atoms with Gasteiger partial charge in [-0.05, 0) is 25.7 Å². The Bertz CT molecular complexity index is 479. The molecule has 1 atom stereocenters. The minimum atomic E-state index is -0.620. The largest absolute Gasteiger partial charge is 0.444 e. The number of carbonyl (C=O) groups excluding carboxylic acids is 1. The Balaban J connectivity index is 2.66. The lowest BCUT2D eigenvalue weighted by atomic mass is 10.1. The SMILES string of the molecule is CC(C)(C)OC(=O)NC(CN)Cc1cn[nH]c1[N+](=O)[O-]. The standard InChI is InChI=1S/C11H19N5O4/c1-11(2,3)20-10(17)14-8(5-12)4-7-6-13-15-9(7)16(18)19/h6,8H,4-5,12H2,1-3H3,(H,13,15)(H,14,17). The van der Waals surface area contributed by atoms with Gasteiger partial charge in [-0.1, -0.05) is 5.10 Å². The number of nitrogens with two attached hydrogens (primary N) is 1. The first-order valence-corrected chi connectivity index (χ1v) is 6.09. The predicted molar refractivity (Wildman–Crippen MR) is 71.2 cm³/mol. The van der Waals surface area contributed by atoms with E-state index in [9.17, 15) is 14.9 Å². The molecule has 0 fully saturated rings. The van der Waals surface area contributed by atoms with E-state index in [1.807, 2.05) is 0 Å². The second-order valence-corrected chi connectivity index (χ2v) is 5.28. The lowest BCUT2D eigenvalue weighted by Gasteiger charge is -2.22. The van der Waals surface area contributed by atoms with Gasteiger partial charge in [0.25, 0.3) is 0 Å². The predicted octanol–water partition coefficient (Wildman–Crippen LogP) is 0.712. The third kappa shape index (κ3) is 4.84. The van der Waals surface area contributed by atoms with Crippen molar-refractivity contribution in [3.63, 3.8) is 0 Å². The topological polar surface area (TPSA) is 136 Å². The molecule has 20 heavy (non-hydrogen) atoms. The number of aromatic nitrogens is 2. The van der Waals surface area contributed by atoms with Crippen LogP contribution in [0.4, 0.5) is 10.6 Å². The molecule has 112 valence electrons. The van der Waals surface area contributed by atoms with E-state index in [4.69, 9.17) is 10.5 Å². The van der Waals surface area contributed by atoms with Gasteiger partial charge >= 0.3 is 11.9 Å². The van der Waals surface area contributed by atoms with E-state index in [2.05, 4.69) is 15.5 Å². The summed E-state index contributed by atoms with van der Waals surface area (Å²) < 4.78 is 5.10. The molecule has 4 N–H and O–H groups in total. The number of hydrogen-bond donors (Lipinski definition) is 3. The number of amides is 1. The molecule has 0 aliphatic heterocycles. The minimum Gasteiger partial charge on any atom is -0.444 e. The van der Waals surface area contributed by atoms with E-state index < -0.39 is 22.7 Å². The van der Waals surface area contributed by atoms with Crippen molar-refractivity contribution in [3.8, 4) is 0 Å². The number of carbonyl (C=O) groups is 1. The summed E-state index contributed by atoms with van der Waals surface area (Å²) in [5.74, 6) is -0.200. The molecule has 0 bridgehead atoms. The van der Waals surface area contributed by atoms with Crippen LogP contribution in [-0.2, 0) is 11.2 Å². The van der Waals surface area contributed by atoms with Crippen molar-refractivity contribution in [2.24, 2.45) is 5.73 Å². The van der Waals surface area contributed by atoms with Gasteiger partial charge in [0.05, 0.1) is 11.8 Å². The van der Waals surface area contributed by atoms with Gasteiger partial charge in [0, 0.05) is 19.0 Å². The Kier molecular flexibility index (Phi) is 5.03. The molecular weight excluding hydrogens is 266 g/mol. The number of nitrogens with zero attached hydrogens (tertiary/aromatic N) is 2. The van der Waals surface area contributed by atoms with Crippen LogP contribution in [-0.4, -0.2) is 39.4 Å². The van der Waals surface area contributed by atoms with Crippen molar-refractivity contribution >= 4 is 11.9 Å². The summed E-state index contributed by atoms with van der Waals surface area (Å²) in [5, 5.41) is 19.2. The zero-order valence-electron chi connectivity index (χ0n) is 11.7. The molecule has 0 radical (unpaired) electrons. The highest BCUT2D eigenvalue weighted by Crippen LogP contribution is 2.15. The zero-order valence-corrected chi connectivity index (χ0v) is 11.7. The van der Waals surface area contributed by atoms with Gasteiger partial charge < -0.3 is 25.9 Å². The molecule has 1 aromatic rings.